The Labute approximate surface area is 244 Å². The maximum Gasteiger partial charge on any atom is 0.130 e. The second kappa shape index (κ2) is 30.9. The molecule has 0 aromatic heterocycles. The SMILES string of the molecule is CCCCCCCCCCCCOC[C@H](C[N+](C)(C)CCCN)OCCCCCCCCCCCC.[Br-]. The van der Waals surface area contributed by atoms with Crippen molar-refractivity contribution in [3.8, 4) is 0 Å². The first kappa shape index (κ1) is 39.5. The Morgan fingerprint density at radius 1 is 0.568 bits per heavy atom. The Hall–Kier alpha value is 0.320. The van der Waals surface area contributed by atoms with Crippen LogP contribution in [0, 0.1) is 0 Å². The Morgan fingerprint density at radius 3 is 1.41 bits per heavy atom. The van der Waals surface area contributed by atoms with Crippen molar-refractivity contribution >= 4 is 0 Å². The Bertz CT molecular complexity index is 424. The minimum absolute atomic E-state index is 0. The maximum atomic E-state index is 6.36. The fourth-order valence-electron chi connectivity index (χ4n) is 5.06. The van der Waals surface area contributed by atoms with Crippen LogP contribution >= 0.6 is 0 Å². The minimum atomic E-state index is 0. The third-order valence-corrected chi connectivity index (χ3v) is 7.46. The molecule has 0 aromatic carbocycles. The van der Waals surface area contributed by atoms with Crippen LogP contribution in [0.2, 0.25) is 0 Å². The lowest BCUT2D eigenvalue weighted by atomic mass is 10.1. The van der Waals surface area contributed by atoms with Crippen LogP contribution in [-0.2, 0) is 9.47 Å². The van der Waals surface area contributed by atoms with E-state index in [0.29, 0.717) is 0 Å². The largest absolute Gasteiger partial charge is 1.00 e. The Morgan fingerprint density at radius 2 is 0.973 bits per heavy atom. The Kier molecular flexibility index (Phi) is 32.9. The molecule has 4 nitrogen and oxygen atoms in total. The minimum Gasteiger partial charge on any atom is -1.00 e. The number of quaternary nitrogens is 1. The second-order valence-electron chi connectivity index (χ2n) is 11.9. The van der Waals surface area contributed by atoms with Crippen LogP contribution < -0.4 is 22.7 Å². The molecule has 0 spiro atoms. The number of ether oxygens (including phenoxy) is 2. The molecule has 0 aromatic rings. The molecule has 0 fully saturated rings. The molecule has 226 valence electrons. The number of unbranched alkanes of at least 4 members (excludes halogenated alkanes) is 18. The van der Waals surface area contributed by atoms with Crippen molar-refractivity contribution in [1.82, 2.24) is 0 Å². The zero-order valence-electron chi connectivity index (χ0n) is 25.9. The molecular weight excluding hydrogens is 524 g/mol. The van der Waals surface area contributed by atoms with Gasteiger partial charge in [-0.25, -0.2) is 0 Å². The summed E-state index contributed by atoms with van der Waals surface area (Å²) in [5.74, 6) is 0. The molecule has 0 unspecified atom stereocenters. The molecule has 0 bridgehead atoms. The third kappa shape index (κ3) is 30.7. The molecule has 2 N–H and O–H groups in total. The van der Waals surface area contributed by atoms with Gasteiger partial charge in [0.2, 0.25) is 0 Å². The average Bonchev–Trinajstić information content (AvgIpc) is 2.86. The van der Waals surface area contributed by atoms with Crippen molar-refractivity contribution in [2.75, 3.05) is 53.6 Å². The van der Waals surface area contributed by atoms with Crippen LogP contribution in [0.5, 0.6) is 0 Å². The van der Waals surface area contributed by atoms with E-state index in [2.05, 4.69) is 27.9 Å². The molecule has 1 atom stereocenters. The number of likely N-dealkylation sites (N-methyl/N-ethyl adjacent to an activating group) is 1. The Balaban J connectivity index is 0. The molecule has 0 aliphatic heterocycles. The van der Waals surface area contributed by atoms with Crippen LogP contribution in [0.3, 0.4) is 0 Å². The number of halogens is 1. The fourth-order valence-corrected chi connectivity index (χ4v) is 5.06. The summed E-state index contributed by atoms with van der Waals surface area (Å²) in [6.07, 6.45) is 28.6. The van der Waals surface area contributed by atoms with Gasteiger partial charge in [0.15, 0.2) is 0 Å². The first-order valence-corrected chi connectivity index (χ1v) is 16.3. The zero-order chi connectivity index (χ0) is 26.6. The van der Waals surface area contributed by atoms with Crippen molar-refractivity contribution in [2.45, 2.75) is 155 Å². The summed E-state index contributed by atoms with van der Waals surface area (Å²) in [7, 11) is 4.60. The number of rotatable bonds is 30. The summed E-state index contributed by atoms with van der Waals surface area (Å²) in [4.78, 5) is 0. The summed E-state index contributed by atoms with van der Waals surface area (Å²) < 4.78 is 13.4. The number of hydrogen-bond donors (Lipinski definition) is 1. The van der Waals surface area contributed by atoms with E-state index in [4.69, 9.17) is 15.2 Å². The molecule has 0 aliphatic rings. The van der Waals surface area contributed by atoms with Crippen molar-refractivity contribution in [1.29, 1.82) is 0 Å². The highest BCUT2D eigenvalue weighted by atomic mass is 79.9. The van der Waals surface area contributed by atoms with Gasteiger partial charge in [-0.15, -0.1) is 0 Å². The lowest BCUT2D eigenvalue weighted by Gasteiger charge is -2.33. The van der Waals surface area contributed by atoms with E-state index in [1.54, 1.807) is 0 Å². The predicted octanol–water partition coefficient (Wildman–Crippen LogP) is 5.66. The van der Waals surface area contributed by atoms with E-state index < -0.39 is 0 Å². The number of hydrogen-bond acceptors (Lipinski definition) is 3. The highest BCUT2D eigenvalue weighted by Gasteiger charge is 2.22. The van der Waals surface area contributed by atoms with E-state index in [9.17, 15) is 0 Å². The van der Waals surface area contributed by atoms with Crippen LogP contribution in [0.25, 0.3) is 0 Å². The van der Waals surface area contributed by atoms with Crippen molar-refractivity contribution in [2.24, 2.45) is 5.73 Å². The smallest absolute Gasteiger partial charge is 0.130 e. The number of nitrogens with two attached hydrogens (primary N) is 1. The molecule has 0 radical (unpaired) electrons. The van der Waals surface area contributed by atoms with Crippen LogP contribution in [0.15, 0.2) is 0 Å². The molecule has 0 aliphatic carbocycles. The van der Waals surface area contributed by atoms with E-state index in [1.165, 1.54) is 128 Å². The predicted molar refractivity (Wildman–Crippen MR) is 160 cm³/mol. The number of nitrogens with zero attached hydrogens (tertiary/aromatic N) is 1. The van der Waals surface area contributed by atoms with Gasteiger partial charge in [-0.3, -0.25) is 0 Å². The van der Waals surface area contributed by atoms with Gasteiger partial charge in [0.1, 0.15) is 12.6 Å². The zero-order valence-corrected chi connectivity index (χ0v) is 27.5. The van der Waals surface area contributed by atoms with E-state index in [1.807, 2.05) is 0 Å². The quantitative estimate of drug-likeness (QED) is 0.0864. The van der Waals surface area contributed by atoms with Crippen molar-refractivity contribution in [3.63, 3.8) is 0 Å². The first-order valence-electron chi connectivity index (χ1n) is 16.3. The molecule has 0 saturated carbocycles. The molecular formula is C32H69BrN2O2. The lowest BCUT2D eigenvalue weighted by Crippen LogP contribution is -3.00. The standard InChI is InChI=1S/C32H69N2O2.BrH/c1-5-7-9-11-13-15-17-19-21-23-28-35-31-32(30-34(3,4)27-25-26-33)36-29-24-22-20-18-16-14-12-10-8-6-2;/h32H,5-31,33H2,1-4H3;1H/q+1;/p-1/t32-;/m0./s1. The van der Waals surface area contributed by atoms with Gasteiger partial charge in [0, 0.05) is 19.6 Å². The van der Waals surface area contributed by atoms with Gasteiger partial charge in [-0.2, -0.15) is 0 Å². The van der Waals surface area contributed by atoms with Crippen LogP contribution in [0.1, 0.15) is 149 Å². The monoisotopic (exact) mass is 592 g/mol. The van der Waals surface area contributed by atoms with Crippen LogP contribution in [0.4, 0.5) is 0 Å². The van der Waals surface area contributed by atoms with Gasteiger partial charge in [-0.1, -0.05) is 129 Å². The molecule has 0 saturated heterocycles. The molecule has 0 heterocycles. The van der Waals surface area contributed by atoms with Crippen LogP contribution in [-0.4, -0.2) is 64.1 Å². The molecule has 0 rings (SSSR count). The topological polar surface area (TPSA) is 44.5 Å². The first-order chi connectivity index (χ1) is 17.6. The van der Waals surface area contributed by atoms with Gasteiger partial charge in [0.25, 0.3) is 0 Å². The van der Waals surface area contributed by atoms with Gasteiger partial charge in [0.05, 0.1) is 27.2 Å². The molecule has 37 heavy (non-hydrogen) atoms. The maximum absolute atomic E-state index is 6.36. The average molecular weight is 594 g/mol. The molecule has 5 heteroatoms. The van der Waals surface area contributed by atoms with Crippen molar-refractivity contribution in [3.05, 3.63) is 0 Å². The summed E-state index contributed by atoms with van der Waals surface area (Å²) in [6.45, 7) is 9.95. The summed E-state index contributed by atoms with van der Waals surface area (Å²) in [5, 5.41) is 0. The van der Waals surface area contributed by atoms with Gasteiger partial charge < -0.3 is 36.7 Å². The van der Waals surface area contributed by atoms with Gasteiger partial charge >= 0.3 is 0 Å². The van der Waals surface area contributed by atoms with E-state index in [0.717, 1.165) is 50.4 Å². The summed E-state index contributed by atoms with van der Waals surface area (Å²) in [6, 6.07) is 0. The highest BCUT2D eigenvalue weighted by molar-refractivity contribution is 4.58. The lowest BCUT2D eigenvalue weighted by molar-refractivity contribution is -0.893. The summed E-state index contributed by atoms with van der Waals surface area (Å²) >= 11 is 0. The normalized spacial score (nSPS) is 12.6. The van der Waals surface area contributed by atoms with E-state index >= 15 is 0 Å². The highest BCUT2D eigenvalue weighted by Crippen LogP contribution is 2.13. The molecule has 0 amide bonds. The van der Waals surface area contributed by atoms with Gasteiger partial charge in [-0.05, 0) is 19.4 Å². The van der Waals surface area contributed by atoms with Crippen molar-refractivity contribution < 1.29 is 30.9 Å². The van der Waals surface area contributed by atoms with E-state index in [-0.39, 0.29) is 23.1 Å². The fraction of sp³-hybridized carbons (Fsp3) is 1.00. The summed E-state index contributed by atoms with van der Waals surface area (Å²) in [5.41, 5.74) is 5.76. The third-order valence-electron chi connectivity index (χ3n) is 7.46. The second-order valence-corrected chi connectivity index (χ2v) is 11.9.